The zero-order chi connectivity index (χ0) is 23.4. The van der Waals surface area contributed by atoms with E-state index >= 15 is 0 Å². The number of pyridine rings is 1. The van der Waals surface area contributed by atoms with Crippen LogP contribution in [0.3, 0.4) is 0 Å². The summed E-state index contributed by atoms with van der Waals surface area (Å²) in [6.45, 7) is 1.30. The van der Waals surface area contributed by atoms with Crippen LogP contribution in [0.1, 0.15) is 11.3 Å². The van der Waals surface area contributed by atoms with Crippen LogP contribution in [0.15, 0.2) is 42.6 Å². The van der Waals surface area contributed by atoms with Crippen molar-refractivity contribution in [2.24, 2.45) is 0 Å². The first-order valence-corrected chi connectivity index (χ1v) is 9.46. The van der Waals surface area contributed by atoms with Crippen molar-refractivity contribution >= 4 is 29.0 Å². The van der Waals surface area contributed by atoms with E-state index in [0.29, 0.717) is 11.0 Å². The molecular weight excluding hydrogens is 431 g/mol. The van der Waals surface area contributed by atoms with E-state index in [0.717, 1.165) is 16.5 Å². The number of carbonyl (C=O) groups is 2. The predicted octanol–water partition coefficient (Wildman–Crippen LogP) is 1.16. The Morgan fingerprint density at radius 1 is 1.19 bits per heavy atom. The van der Waals surface area contributed by atoms with E-state index in [1.807, 2.05) is 0 Å². The number of hydrogen-bond acceptors (Lipinski definition) is 6. The summed E-state index contributed by atoms with van der Waals surface area (Å²) in [6, 6.07) is 6.43. The molecule has 0 bridgehead atoms. The lowest BCUT2D eigenvalue weighted by Gasteiger charge is -2.28. The normalized spacial score (nSPS) is 21.4. The molecule has 0 aromatic carbocycles. The first-order chi connectivity index (χ1) is 15.0. The van der Waals surface area contributed by atoms with Gasteiger partial charge in [-0.3, -0.25) is 19.4 Å². The van der Waals surface area contributed by atoms with Crippen LogP contribution in [0.2, 0.25) is 0 Å². The fraction of sp³-hybridized carbons (Fsp3) is 0.300. The number of aryl methyl sites for hydroxylation is 1. The lowest BCUT2D eigenvalue weighted by Crippen LogP contribution is -2.50. The molecule has 1 fully saturated rings. The molecule has 4 heterocycles. The number of halogens is 3. The minimum atomic E-state index is -4.73. The Kier molecular flexibility index (Phi) is 5.13. The number of aliphatic hydroxyl groups is 2. The van der Waals surface area contributed by atoms with Gasteiger partial charge in [0.1, 0.15) is 18.0 Å². The third-order valence-corrected chi connectivity index (χ3v) is 5.23. The molecule has 1 aliphatic rings. The maximum absolute atomic E-state index is 13.3. The summed E-state index contributed by atoms with van der Waals surface area (Å²) in [5.41, 5.74) is -0.382. The van der Waals surface area contributed by atoms with Crippen molar-refractivity contribution < 1.29 is 33.0 Å². The maximum atomic E-state index is 13.3. The predicted molar refractivity (Wildman–Crippen MR) is 106 cm³/mol. The number of hydrogen-bond donors (Lipinski definition) is 2. The summed E-state index contributed by atoms with van der Waals surface area (Å²) >= 11 is 0. The molecule has 0 spiro atoms. The van der Waals surface area contributed by atoms with Gasteiger partial charge >= 0.3 is 6.18 Å². The van der Waals surface area contributed by atoms with Gasteiger partial charge in [-0.15, -0.1) is 5.10 Å². The topological polar surface area (TPSA) is 111 Å². The number of nitrogens with zero attached hydrogens (tertiary/aromatic N) is 5. The van der Waals surface area contributed by atoms with Gasteiger partial charge < -0.3 is 10.2 Å². The zero-order valence-electron chi connectivity index (χ0n) is 16.9. The SMILES string of the molecule is Cc1cc(C(F)(F)F)cc(N2C(=O)C(O)C(O)C2C(=O)N(C)c2ccc3cccn3n2)n1. The van der Waals surface area contributed by atoms with Gasteiger partial charge in [0.05, 0.1) is 11.1 Å². The molecule has 168 valence electrons. The highest BCUT2D eigenvalue weighted by atomic mass is 19.4. The van der Waals surface area contributed by atoms with E-state index in [2.05, 4.69) is 10.1 Å². The van der Waals surface area contributed by atoms with Gasteiger partial charge in [-0.05, 0) is 43.3 Å². The quantitative estimate of drug-likeness (QED) is 0.621. The Morgan fingerprint density at radius 2 is 1.91 bits per heavy atom. The number of aromatic nitrogens is 3. The number of anilines is 2. The second-order valence-electron chi connectivity index (χ2n) is 7.41. The monoisotopic (exact) mass is 449 g/mol. The first kappa shape index (κ1) is 21.7. The van der Waals surface area contributed by atoms with Crippen molar-refractivity contribution in [3.05, 3.63) is 53.9 Å². The number of aliphatic hydroxyl groups excluding tert-OH is 2. The van der Waals surface area contributed by atoms with Crippen molar-refractivity contribution in [2.45, 2.75) is 31.3 Å². The number of alkyl halides is 3. The lowest BCUT2D eigenvalue weighted by molar-refractivity contribution is -0.137. The van der Waals surface area contributed by atoms with E-state index in [-0.39, 0.29) is 11.5 Å². The molecule has 32 heavy (non-hydrogen) atoms. The van der Waals surface area contributed by atoms with Crippen molar-refractivity contribution in [1.82, 2.24) is 14.6 Å². The van der Waals surface area contributed by atoms with E-state index in [1.165, 1.54) is 24.6 Å². The molecule has 2 amide bonds. The summed E-state index contributed by atoms with van der Waals surface area (Å²) in [7, 11) is 1.34. The van der Waals surface area contributed by atoms with Gasteiger partial charge in [-0.2, -0.15) is 13.2 Å². The molecule has 9 nitrogen and oxygen atoms in total. The lowest BCUT2D eigenvalue weighted by atomic mass is 10.1. The summed E-state index contributed by atoms with van der Waals surface area (Å²) in [6.07, 6.45) is -6.97. The van der Waals surface area contributed by atoms with Crippen molar-refractivity contribution in [3.63, 3.8) is 0 Å². The van der Waals surface area contributed by atoms with Crippen LogP contribution in [0.25, 0.3) is 5.52 Å². The molecule has 3 aromatic rings. The molecule has 3 atom stereocenters. The number of amides is 2. The van der Waals surface area contributed by atoms with Crippen LogP contribution in [0.5, 0.6) is 0 Å². The highest BCUT2D eigenvalue weighted by Crippen LogP contribution is 2.34. The standard InChI is InChI=1S/C20H18F3N5O4/c1-10-8-11(20(21,22)23)9-14(24-10)28-15(16(29)17(30)19(28)32)18(31)26(2)13-6-5-12-4-3-7-27(12)25-13/h3-9,15-17,29-30H,1-2H3. The highest BCUT2D eigenvalue weighted by Gasteiger charge is 2.52. The van der Waals surface area contributed by atoms with E-state index in [9.17, 15) is 33.0 Å². The Labute approximate surface area is 179 Å². The number of rotatable bonds is 3. The van der Waals surface area contributed by atoms with Crippen molar-refractivity contribution in [2.75, 3.05) is 16.8 Å². The molecule has 0 radical (unpaired) electrons. The fourth-order valence-corrected chi connectivity index (χ4v) is 3.60. The maximum Gasteiger partial charge on any atom is 0.416 e. The van der Waals surface area contributed by atoms with Crippen LogP contribution in [0.4, 0.5) is 24.8 Å². The Balaban J connectivity index is 1.75. The second-order valence-corrected chi connectivity index (χ2v) is 7.41. The molecule has 4 rings (SSSR count). The van der Waals surface area contributed by atoms with Crippen LogP contribution >= 0.6 is 0 Å². The van der Waals surface area contributed by atoms with Gasteiger partial charge in [-0.1, -0.05) is 0 Å². The number of carbonyl (C=O) groups excluding carboxylic acids is 2. The van der Waals surface area contributed by atoms with E-state index in [4.69, 9.17) is 0 Å². The second kappa shape index (κ2) is 7.57. The summed E-state index contributed by atoms with van der Waals surface area (Å²) in [5.74, 6) is -2.34. The first-order valence-electron chi connectivity index (χ1n) is 9.46. The fourth-order valence-electron chi connectivity index (χ4n) is 3.60. The third kappa shape index (κ3) is 3.56. The van der Waals surface area contributed by atoms with Crippen molar-refractivity contribution in [1.29, 1.82) is 0 Å². The zero-order valence-corrected chi connectivity index (χ0v) is 16.9. The van der Waals surface area contributed by atoms with Crippen LogP contribution in [-0.4, -0.2) is 61.9 Å². The molecule has 3 aromatic heterocycles. The molecule has 1 saturated heterocycles. The smallest absolute Gasteiger partial charge is 0.387 e. The minimum absolute atomic E-state index is 0.0576. The molecule has 1 aliphatic heterocycles. The van der Waals surface area contributed by atoms with Crippen molar-refractivity contribution in [3.8, 4) is 0 Å². The van der Waals surface area contributed by atoms with Crippen LogP contribution in [-0.2, 0) is 15.8 Å². The van der Waals surface area contributed by atoms with Gasteiger partial charge in [0.25, 0.3) is 11.8 Å². The average molecular weight is 449 g/mol. The Bertz CT molecular complexity index is 1210. The van der Waals surface area contributed by atoms with Gasteiger partial charge in [-0.25, -0.2) is 9.50 Å². The average Bonchev–Trinajstić information content (AvgIpc) is 3.29. The van der Waals surface area contributed by atoms with Crippen LogP contribution < -0.4 is 9.80 Å². The molecule has 2 N–H and O–H groups in total. The highest BCUT2D eigenvalue weighted by molar-refractivity contribution is 6.10. The summed E-state index contributed by atoms with van der Waals surface area (Å²) in [4.78, 5) is 31.4. The number of fused-ring (bicyclic) bond motifs is 1. The Hall–Kier alpha value is -3.51. The number of likely N-dealkylation sites (N-methyl/N-ethyl adjacent to an activating group) is 1. The van der Waals surface area contributed by atoms with E-state index in [1.54, 1.807) is 24.4 Å². The summed E-state index contributed by atoms with van der Waals surface area (Å²) in [5, 5.41) is 24.8. The van der Waals surface area contributed by atoms with Gasteiger partial charge in [0, 0.05) is 18.9 Å². The van der Waals surface area contributed by atoms with Gasteiger partial charge in [0.2, 0.25) is 0 Å². The Morgan fingerprint density at radius 3 is 2.59 bits per heavy atom. The van der Waals surface area contributed by atoms with Gasteiger partial charge in [0.15, 0.2) is 11.9 Å². The molecular formula is C20H18F3N5O4. The van der Waals surface area contributed by atoms with Crippen LogP contribution in [0, 0.1) is 6.92 Å². The molecule has 12 heteroatoms. The molecule has 3 unspecified atom stereocenters. The third-order valence-electron chi connectivity index (χ3n) is 5.23. The van der Waals surface area contributed by atoms with E-state index < -0.39 is 47.6 Å². The molecule has 0 aliphatic carbocycles. The summed E-state index contributed by atoms with van der Waals surface area (Å²) < 4.78 is 41.3. The minimum Gasteiger partial charge on any atom is -0.387 e. The molecule has 0 saturated carbocycles. The largest absolute Gasteiger partial charge is 0.416 e.